The zero-order valence-electron chi connectivity index (χ0n) is 22.1. The first-order valence-corrected chi connectivity index (χ1v) is 13.7. The maximum absolute atomic E-state index is 5.82. The molecular weight excluding hydrogens is 436 g/mol. The van der Waals surface area contributed by atoms with Crippen molar-refractivity contribution in [3.63, 3.8) is 0 Å². The third kappa shape index (κ3) is 13.9. The molecule has 0 atom stereocenters. The van der Waals surface area contributed by atoms with E-state index < -0.39 is 0 Å². The molecule has 0 amide bonds. The first kappa shape index (κ1) is 28.8. The molecule has 2 rings (SSSR count). The highest BCUT2D eigenvalue weighted by Crippen LogP contribution is 2.20. The molecule has 194 valence electrons. The maximum atomic E-state index is 5.82. The van der Waals surface area contributed by atoms with Crippen molar-refractivity contribution in [3.05, 3.63) is 48.8 Å². The van der Waals surface area contributed by atoms with Gasteiger partial charge < -0.3 is 14.2 Å². The molecular formula is C30H46N2O3. The Bertz CT molecular complexity index is 775. The Kier molecular flexibility index (Phi) is 16.4. The Morgan fingerprint density at radius 3 is 2.00 bits per heavy atom. The van der Waals surface area contributed by atoms with Crippen LogP contribution >= 0.6 is 0 Å². The van der Waals surface area contributed by atoms with Crippen molar-refractivity contribution in [1.82, 2.24) is 9.97 Å². The summed E-state index contributed by atoms with van der Waals surface area (Å²) in [6, 6.07) is 7.92. The fourth-order valence-electron chi connectivity index (χ4n) is 3.67. The van der Waals surface area contributed by atoms with Gasteiger partial charge in [-0.3, -0.25) is 0 Å². The molecule has 0 aliphatic rings. The number of nitrogens with zero attached hydrogens (tertiary/aromatic N) is 2. The van der Waals surface area contributed by atoms with Crippen molar-refractivity contribution in [2.24, 2.45) is 0 Å². The van der Waals surface area contributed by atoms with Gasteiger partial charge in [-0.1, -0.05) is 70.9 Å². The summed E-state index contributed by atoms with van der Waals surface area (Å²) in [4.78, 5) is 8.90. The van der Waals surface area contributed by atoms with Crippen molar-refractivity contribution in [2.45, 2.75) is 90.9 Å². The van der Waals surface area contributed by atoms with Crippen LogP contribution in [0.15, 0.2) is 48.8 Å². The molecule has 1 aromatic carbocycles. The Labute approximate surface area is 213 Å². The zero-order valence-corrected chi connectivity index (χ0v) is 22.1. The van der Waals surface area contributed by atoms with E-state index in [4.69, 9.17) is 14.2 Å². The molecule has 0 saturated heterocycles. The van der Waals surface area contributed by atoms with Gasteiger partial charge in [0.15, 0.2) is 11.6 Å². The average molecular weight is 483 g/mol. The fraction of sp³-hybridized carbons (Fsp3) is 0.600. The molecule has 0 bridgehead atoms. The lowest BCUT2D eigenvalue weighted by Gasteiger charge is -2.07. The van der Waals surface area contributed by atoms with Crippen LogP contribution in [0.25, 0.3) is 11.4 Å². The first-order valence-electron chi connectivity index (χ1n) is 13.7. The van der Waals surface area contributed by atoms with Crippen LogP contribution in [-0.4, -0.2) is 36.4 Å². The number of aromatic nitrogens is 2. The minimum Gasteiger partial charge on any atom is -0.490 e. The van der Waals surface area contributed by atoms with Crippen LogP contribution in [0.1, 0.15) is 90.9 Å². The molecule has 1 aromatic heterocycles. The van der Waals surface area contributed by atoms with Gasteiger partial charge in [0.1, 0.15) is 12.4 Å². The highest BCUT2D eigenvalue weighted by atomic mass is 16.5. The molecule has 0 spiro atoms. The molecule has 1 heterocycles. The van der Waals surface area contributed by atoms with Gasteiger partial charge in [-0.05, 0) is 56.4 Å². The zero-order chi connectivity index (χ0) is 24.8. The van der Waals surface area contributed by atoms with Gasteiger partial charge >= 0.3 is 0 Å². The number of unbranched alkanes of at least 4 members (excludes halogenated alkanes) is 9. The quantitative estimate of drug-likeness (QED) is 0.133. The number of hydrogen-bond acceptors (Lipinski definition) is 5. The van der Waals surface area contributed by atoms with E-state index in [1.807, 2.05) is 24.3 Å². The van der Waals surface area contributed by atoms with Gasteiger partial charge in [0, 0.05) is 18.8 Å². The molecule has 0 saturated carbocycles. The van der Waals surface area contributed by atoms with Crippen molar-refractivity contribution in [2.75, 3.05) is 26.4 Å². The van der Waals surface area contributed by atoms with E-state index in [2.05, 4.69) is 36.0 Å². The van der Waals surface area contributed by atoms with E-state index in [1.165, 1.54) is 51.4 Å². The topological polar surface area (TPSA) is 53.5 Å². The van der Waals surface area contributed by atoms with Crippen LogP contribution in [0.5, 0.6) is 11.5 Å². The van der Waals surface area contributed by atoms with E-state index in [9.17, 15) is 0 Å². The van der Waals surface area contributed by atoms with E-state index in [1.54, 1.807) is 12.4 Å². The van der Waals surface area contributed by atoms with Crippen molar-refractivity contribution < 1.29 is 14.2 Å². The summed E-state index contributed by atoms with van der Waals surface area (Å²) in [6.45, 7) is 7.39. The largest absolute Gasteiger partial charge is 0.490 e. The van der Waals surface area contributed by atoms with Gasteiger partial charge in [0.25, 0.3) is 0 Å². The minimum absolute atomic E-state index is 0.600. The lowest BCUT2D eigenvalue weighted by molar-refractivity contribution is 0.122. The first-order chi connectivity index (χ1) is 17.3. The van der Waals surface area contributed by atoms with Crippen molar-refractivity contribution in [1.29, 1.82) is 0 Å². The highest BCUT2D eigenvalue weighted by Gasteiger charge is 2.03. The van der Waals surface area contributed by atoms with Crippen LogP contribution in [0.2, 0.25) is 0 Å². The van der Waals surface area contributed by atoms with Gasteiger partial charge in [-0.2, -0.15) is 0 Å². The summed E-state index contributed by atoms with van der Waals surface area (Å²) in [6.07, 6.45) is 22.6. The summed E-state index contributed by atoms with van der Waals surface area (Å²) in [5.74, 6) is 2.24. The summed E-state index contributed by atoms with van der Waals surface area (Å²) in [5.41, 5.74) is 0.961. The molecule has 0 fully saturated rings. The Hall–Kier alpha value is -2.40. The normalized spacial score (nSPS) is 11.3. The SMILES string of the molecule is CCCCCCCC/C=C/COc1ccc(-c2ncc(OCCCCOCCCCC)cn2)cc1. The van der Waals surface area contributed by atoms with Gasteiger partial charge in [-0.15, -0.1) is 0 Å². The molecule has 35 heavy (non-hydrogen) atoms. The third-order valence-electron chi connectivity index (χ3n) is 5.82. The van der Waals surface area contributed by atoms with Crippen LogP contribution in [0.3, 0.4) is 0 Å². The van der Waals surface area contributed by atoms with E-state index >= 15 is 0 Å². The Morgan fingerprint density at radius 1 is 0.629 bits per heavy atom. The summed E-state index contributed by atoms with van der Waals surface area (Å²) < 4.78 is 17.2. The fourth-order valence-corrected chi connectivity index (χ4v) is 3.67. The summed E-state index contributed by atoms with van der Waals surface area (Å²) >= 11 is 0. The second kappa shape index (κ2) is 19.9. The number of benzene rings is 1. The average Bonchev–Trinajstić information content (AvgIpc) is 2.89. The van der Waals surface area contributed by atoms with Crippen molar-refractivity contribution in [3.8, 4) is 22.9 Å². The summed E-state index contributed by atoms with van der Waals surface area (Å²) in [5, 5.41) is 0. The third-order valence-corrected chi connectivity index (χ3v) is 5.82. The lowest BCUT2D eigenvalue weighted by Crippen LogP contribution is -2.02. The van der Waals surface area contributed by atoms with Crippen LogP contribution < -0.4 is 9.47 Å². The molecule has 0 radical (unpaired) electrons. The number of allylic oxidation sites excluding steroid dienone is 1. The van der Waals surface area contributed by atoms with E-state index in [0.29, 0.717) is 24.8 Å². The number of ether oxygens (including phenoxy) is 3. The maximum Gasteiger partial charge on any atom is 0.159 e. The molecule has 0 aliphatic heterocycles. The standard InChI is InChI=1S/C30H46N2O3/c1-3-5-7-8-9-10-11-12-14-23-34-28-19-17-27(18-20-28)30-31-25-29(26-32-30)35-24-16-15-22-33-21-13-6-4-2/h12,14,17-20,25-26H,3-11,13,15-16,21-24H2,1-2H3/b14-12+. The Balaban J connectivity index is 1.58. The van der Waals surface area contributed by atoms with E-state index in [-0.39, 0.29) is 0 Å². The smallest absolute Gasteiger partial charge is 0.159 e. The lowest BCUT2D eigenvalue weighted by atomic mass is 10.1. The molecule has 0 aliphatic carbocycles. The van der Waals surface area contributed by atoms with Gasteiger partial charge in [0.2, 0.25) is 0 Å². The second-order valence-electron chi connectivity index (χ2n) is 8.98. The van der Waals surface area contributed by atoms with Crippen LogP contribution in [0, 0.1) is 0 Å². The highest BCUT2D eigenvalue weighted by molar-refractivity contribution is 5.56. The second-order valence-corrected chi connectivity index (χ2v) is 8.98. The van der Waals surface area contributed by atoms with Crippen molar-refractivity contribution >= 4 is 0 Å². The minimum atomic E-state index is 0.600. The Morgan fingerprint density at radius 2 is 1.26 bits per heavy atom. The van der Waals surface area contributed by atoms with Crippen LogP contribution in [0.4, 0.5) is 0 Å². The predicted octanol–water partition coefficient (Wildman–Crippen LogP) is 8.20. The van der Waals surface area contributed by atoms with Gasteiger partial charge in [0.05, 0.1) is 19.0 Å². The molecule has 0 N–H and O–H groups in total. The molecule has 2 aromatic rings. The van der Waals surface area contributed by atoms with E-state index in [0.717, 1.165) is 50.2 Å². The summed E-state index contributed by atoms with van der Waals surface area (Å²) in [7, 11) is 0. The number of hydrogen-bond donors (Lipinski definition) is 0. The molecule has 5 nitrogen and oxygen atoms in total. The van der Waals surface area contributed by atoms with Crippen LogP contribution in [-0.2, 0) is 4.74 Å². The predicted molar refractivity (Wildman–Crippen MR) is 145 cm³/mol. The molecule has 0 unspecified atom stereocenters. The monoisotopic (exact) mass is 482 g/mol. The number of rotatable bonds is 21. The van der Waals surface area contributed by atoms with Gasteiger partial charge in [-0.25, -0.2) is 9.97 Å². The molecule has 5 heteroatoms.